The summed E-state index contributed by atoms with van der Waals surface area (Å²) in [5, 5.41) is 10.2. The van der Waals surface area contributed by atoms with Gasteiger partial charge in [0.2, 0.25) is 0 Å². The summed E-state index contributed by atoms with van der Waals surface area (Å²) in [7, 11) is 1.58. The molecule has 0 bridgehead atoms. The van der Waals surface area contributed by atoms with Crippen LogP contribution in [0.5, 0.6) is 5.75 Å². The monoisotopic (exact) mass is 481 g/mol. The molecular formula is C24H28ClN7O2. The van der Waals surface area contributed by atoms with E-state index in [1.54, 1.807) is 13.2 Å². The number of fused-ring (bicyclic) bond motifs is 1. The summed E-state index contributed by atoms with van der Waals surface area (Å²) in [6.07, 6.45) is 2.34. The molecule has 1 fully saturated rings. The van der Waals surface area contributed by atoms with E-state index in [0.717, 1.165) is 28.9 Å². The molecule has 0 aliphatic carbocycles. The highest BCUT2D eigenvalue weighted by Crippen LogP contribution is 2.46. The number of nitrogens with zero attached hydrogens (tertiary/aromatic N) is 5. The number of methoxy groups -OCH3 is 1. The number of hydrogen-bond donors (Lipinski definition) is 2. The molecule has 2 aliphatic heterocycles. The van der Waals surface area contributed by atoms with E-state index in [4.69, 9.17) is 27.8 Å². The number of likely N-dealkylation sites (tertiary alicyclic amines) is 1. The zero-order valence-corrected chi connectivity index (χ0v) is 20.5. The molecule has 10 heteroatoms. The van der Waals surface area contributed by atoms with E-state index in [9.17, 15) is 10.1 Å². The number of carbonyl (C=O) groups is 1. The third-order valence-corrected chi connectivity index (χ3v) is 7.25. The summed E-state index contributed by atoms with van der Waals surface area (Å²) < 4.78 is 5.88. The van der Waals surface area contributed by atoms with Crippen LogP contribution in [0, 0.1) is 11.3 Å². The van der Waals surface area contributed by atoms with Crippen LogP contribution in [0.25, 0.3) is 5.57 Å². The second-order valence-electron chi connectivity index (χ2n) is 8.66. The van der Waals surface area contributed by atoms with Crippen LogP contribution in [-0.2, 0) is 0 Å². The van der Waals surface area contributed by atoms with E-state index in [0.29, 0.717) is 47.4 Å². The summed E-state index contributed by atoms with van der Waals surface area (Å²) in [5.41, 5.74) is 16.8. The Morgan fingerprint density at radius 2 is 2.12 bits per heavy atom. The van der Waals surface area contributed by atoms with Gasteiger partial charge in [0.15, 0.2) is 0 Å². The van der Waals surface area contributed by atoms with Crippen molar-refractivity contribution < 1.29 is 9.53 Å². The fourth-order valence-corrected chi connectivity index (χ4v) is 5.22. The van der Waals surface area contributed by atoms with E-state index in [1.807, 2.05) is 0 Å². The summed E-state index contributed by atoms with van der Waals surface area (Å²) >= 11 is 6.62. The normalized spacial score (nSPS) is 16.6. The molecule has 4 N–H and O–H groups in total. The number of anilines is 2. The summed E-state index contributed by atoms with van der Waals surface area (Å²) in [6, 6.07) is 3.32. The Bertz CT molecular complexity index is 1230. The smallest absolute Gasteiger partial charge is 0.314 e. The number of hydrogen-bond acceptors (Lipinski definition) is 7. The van der Waals surface area contributed by atoms with Gasteiger partial charge in [-0.15, -0.1) is 0 Å². The second kappa shape index (κ2) is 9.03. The first-order chi connectivity index (χ1) is 16.2. The molecule has 2 aromatic rings. The molecule has 1 aromatic carbocycles. The van der Waals surface area contributed by atoms with Crippen LogP contribution in [-0.4, -0.2) is 47.6 Å². The predicted octanol–water partition coefficient (Wildman–Crippen LogP) is 3.84. The van der Waals surface area contributed by atoms with Gasteiger partial charge in [-0.1, -0.05) is 18.5 Å². The fraction of sp³-hybridized carbons (Fsp3) is 0.417. The lowest BCUT2D eigenvalue weighted by atomic mass is 9.84. The van der Waals surface area contributed by atoms with Crippen molar-refractivity contribution in [3.05, 3.63) is 45.2 Å². The first-order valence-corrected chi connectivity index (χ1v) is 11.5. The Kier molecular flexibility index (Phi) is 6.28. The molecule has 178 valence electrons. The van der Waals surface area contributed by atoms with Crippen molar-refractivity contribution >= 4 is 34.8 Å². The third kappa shape index (κ3) is 3.68. The van der Waals surface area contributed by atoms with Crippen molar-refractivity contribution in [1.82, 2.24) is 14.9 Å². The average Bonchev–Trinajstić information content (AvgIpc) is 2.77. The molecule has 1 aromatic heterocycles. The number of aromatic nitrogens is 2. The molecule has 1 unspecified atom stereocenters. The van der Waals surface area contributed by atoms with Gasteiger partial charge in [-0.2, -0.15) is 5.26 Å². The summed E-state index contributed by atoms with van der Waals surface area (Å²) in [4.78, 5) is 24.0. The van der Waals surface area contributed by atoms with Crippen LogP contribution in [0.3, 0.4) is 0 Å². The van der Waals surface area contributed by atoms with Crippen molar-refractivity contribution in [2.75, 3.05) is 37.4 Å². The number of ether oxygens (including phenoxy) is 1. The highest BCUT2D eigenvalue weighted by Gasteiger charge is 2.38. The fourth-order valence-electron chi connectivity index (χ4n) is 4.96. The van der Waals surface area contributed by atoms with E-state index in [2.05, 4.69) is 41.7 Å². The lowest BCUT2D eigenvalue weighted by Gasteiger charge is -2.41. The lowest BCUT2D eigenvalue weighted by molar-refractivity contribution is 0.158. The van der Waals surface area contributed by atoms with Crippen LogP contribution in [0.1, 0.15) is 61.4 Å². The lowest BCUT2D eigenvalue weighted by Crippen LogP contribution is -2.51. The maximum atomic E-state index is 11.5. The Balaban J connectivity index is 1.84. The zero-order valence-electron chi connectivity index (χ0n) is 19.7. The number of nitriles is 1. The van der Waals surface area contributed by atoms with Gasteiger partial charge < -0.3 is 26.0 Å². The van der Waals surface area contributed by atoms with Gasteiger partial charge in [-0.3, -0.25) is 0 Å². The second-order valence-corrected chi connectivity index (χ2v) is 9.07. The number of benzene rings is 1. The highest BCUT2D eigenvalue weighted by molar-refractivity contribution is 6.32. The first-order valence-electron chi connectivity index (χ1n) is 11.1. The number of nitrogen functional groups attached to an aromatic ring is 1. The van der Waals surface area contributed by atoms with E-state index in [-0.39, 0.29) is 12.0 Å². The standard InChI is InChI=1S/C24H28ClN7O2/c1-5-14-10-32(23-19(12(14)2)22(27)29-11-30-23)13(3)16-6-18(25)17(7-26)20(21(16)34-4)15-8-31(9-15)24(28)33/h6,11,13,15H,5,8-10H2,1-4H3,(H2,28,33)(H2,27,29,30). The number of allylic oxidation sites excluding steroid dienone is 1. The van der Waals surface area contributed by atoms with Crippen LogP contribution in [0.4, 0.5) is 16.4 Å². The molecule has 1 saturated heterocycles. The number of urea groups is 1. The largest absolute Gasteiger partial charge is 0.496 e. The molecular weight excluding hydrogens is 454 g/mol. The van der Waals surface area contributed by atoms with E-state index >= 15 is 0 Å². The number of rotatable bonds is 5. The van der Waals surface area contributed by atoms with Crippen LogP contribution >= 0.6 is 11.6 Å². The number of primary amides is 1. The van der Waals surface area contributed by atoms with Crippen molar-refractivity contribution in [2.45, 2.75) is 39.2 Å². The molecule has 0 radical (unpaired) electrons. The predicted molar refractivity (Wildman–Crippen MR) is 132 cm³/mol. The van der Waals surface area contributed by atoms with Gasteiger partial charge in [-0.25, -0.2) is 14.8 Å². The number of amides is 2. The van der Waals surface area contributed by atoms with Crippen LogP contribution in [0.15, 0.2) is 18.0 Å². The Morgan fingerprint density at radius 1 is 1.41 bits per heavy atom. The molecule has 4 rings (SSSR count). The van der Waals surface area contributed by atoms with E-state index < -0.39 is 6.03 Å². The Hall–Kier alpha value is -3.51. The van der Waals surface area contributed by atoms with Gasteiger partial charge in [0.25, 0.3) is 0 Å². The van der Waals surface area contributed by atoms with Crippen molar-refractivity contribution in [2.24, 2.45) is 5.73 Å². The molecule has 2 aliphatic rings. The number of carbonyl (C=O) groups excluding carboxylic acids is 1. The molecule has 0 spiro atoms. The number of halogens is 1. The maximum Gasteiger partial charge on any atom is 0.314 e. The minimum Gasteiger partial charge on any atom is -0.496 e. The zero-order chi connectivity index (χ0) is 24.7. The molecule has 2 amide bonds. The van der Waals surface area contributed by atoms with Gasteiger partial charge in [0.1, 0.15) is 29.8 Å². The topological polar surface area (TPSA) is 134 Å². The minimum atomic E-state index is -0.485. The van der Waals surface area contributed by atoms with Gasteiger partial charge in [-0.05, 0) is 37.5 Å². The quantitative estimate of drug-likeness (QED) is 0.662. The Labute approximate surface area is 204 Å². The third-order valence-electron chi connectivity index (χ3n) is 6.95. The van der Waals surface area contributed by atoms with Crippen molar-refractivity contribution in [3.63, 3.8) is 0 Å². The van der Waals surface area contributed by atoms with Gasteiger partial charge >= 0.3 is 6.03 Å². The van der Waals surface area contributed by atoms with Gasteiger partial charge in [0.05, 0.1) is 29.3 Å². The molecule has 34 heavy (non-hydrogen) atoms. The van der Waals surface area contributed by atoms with Crippen LogP contribution < -0.4 is 21.1 Å². The summed E-state index contributed by atoms with van der Waals surface area (Å²) in [6.45, 7) is 7.71. The van der Waals surface area contributed by atoms with E-state index in [1.165, 1.54) is 16.8 Å². The molecule has 1 atom stereocenters. The average molecular weight is 482 g/mol. The Morgan fingerprint density at radius 3 is 2.71 bits per heavy atom. The van der Waals surface area contributed by atoms with Crippen molar-refractivity contribution in [1.29, 1.82) is 5.26 Å². The summed E-state index contributed by atoms with van der Waals surface area (Å²) in [5.74, 6) is 1.69. The molecule has 0 saturated carbocycles. The molecule has 3 heterocycles. The minimum absolute atomic E-state index is 0.0956. The SMILES string of the molecule is CCC1=C(C)c2c(N)ncnc2N(C(C)c2cc(Cl)c(C#N)c(C3CN(C(N)=O)C3)c2OC)C1. The first kappa shape index (κ1) is 23.6. The van der Waals surface area contributed by atoms with Gasteiger partial charge in [0, 0.05) is 36.7 Å². The van der Waals surface area contributed by atoms with Crippen LogP contribution in [0.2, 0.25) is 5.02 Å². The molecule has 9 nitrogen and oxygen atoms in total. The maximum absolute atomic E-state index is 11.5. The number of nitrogens with two attached hydrogens (primary N) is 2. The highest BCUT2D eigenvalue weighted by atomic mass is 35.5. The van der Waals surface area contributed by atoms with Crippen molar-refractivity contribution in [3.8, 4) is 11.8 Å².